The molecule has 0 bridgehead atoms. The first kappa shape index (κ1) is 11.6. The van der Waals surface area contributed by atoms with Crippen molar-refractivity contribution >= 4 is 17.4 Å². The Labute approximate surface area is 86.8 Å². The summed E-state index contributed by atoms with van der Waals surface area (Å²) in [5, 5.41) is 10.3. The van der Waals surface area contributed by atoms with Gasteiger partial charge in [0, 0.05) is 0 Å². The van der Waals surface area contributed by atoms with Gasteiger partial charge in [-0.25, -0.2) is 18.6 Å². The average Bonchev–Trinajstić information content (AvgIpc) is 2.16. The molecule has 0 radical (unpaired) electrons. The Hall–Kier alpha value is -1.50. The lowest BCUT2D eigenvalue weighted by Gasteiger charge is -2.03. The number of aromatic amines is 1. The molecule has 8 heteroatoms. The van der Waals surface area contributed by atoms with Crippen LogP contribution in [0, 0.1) is 10.1 Å². The smallest absolute Gasteiger partial charge is 0.336 e. The van der Waals surface area contributed by atoms with E-state index in [2.05, 4.69) is 0 Å². The van der Waals surface area contributed by atoms with Gasteiger partial charge in [0.05, 0.1) is 11.4 Å². The van der Waals surface area contributed by atoms with Crippen molar-refractivity contribution in [1.29, 1.82) is 0 Å². The Bertz CT molecular complexity index is 446. The van der Waals surface area contributed by atoms with E-state index in [4.69, 9.17) is 11.6 Å². The lowest BCUT2D eigenvalue weighted by molar-refractivity contribution is -0.391. The highest BCUT2D eigenvalue weighted by atomic mass is 35.5. The summed E-state index contributed by atoms with van der Waals surface area (Å²) in [4.78, 5) is 22.1. The molecule has 0 aliphatic carbocycles. The van der Waals surface area contributed by atoms with E-state index in [1.54, 1.807) is 4.98 Å². The molecular formula is C7H5ClF2N2O3. The quantitative estimate of drug-likeness (QED) is 0.497. The SMILES string of the molecule is O=c1[nH]c([N+](=O)[O-])c(C(F)F)cc1CCl. The van der Waals surface area contributed by atoms with Gasteiger partial charge in [0.15, 0.2) is 0 Å². The molecule has 0 fully saturated rings. The zero-order chi connectivity index (χ0) is 11.6. The number of aromatic nitrogens is 1. The van der Waals surface area contributed by atoms with Crippen LogP contribution in [0.2, 0.25) is 0 Å². The summed E-state index contributed by atoms with van der Waals surface area (Å²) in [6.07, 6.45) is -3.04. The molecule has 0 atom stereocenters. The van der Waals surface area contributed by atoms with Gasteiger partial charge in [-0.3, -0.25) is 0 Å². The number of pyridine rings is 1. The topological polar surface area (TPSA) is 76.0 Å². The van der Waals surface area contributed by atoms with E-state index in [-0.39, 0.29) is 11.4 Å². The van der Waals surface area contributed by atoms with E-state index in [1.165, 1.54) is 0 Å². The number of hydrogen-bond acceptors (Lipinski definition) is 3. The van der Waals surface area contributed by atoms with Crippen molar-refractivity contribution in [3.05, 3.63) is 37.7 Å². The number of nitro groups is 1. The van der Waals surface area contributed by atoms with Crippen LogP contribution in [0.25, 0.3) is 0 Å². The van der Waals surface area contributed by atoms with E-state index in [0.29, 0.717) is 0 Å². The van der Waals surface area contributed by atoms with Crippen molar-refractivity contribution in [2.24, 2.45) is 0 Å². The number of nitrogens with zero attached hydrogens (tertiary/aromatic N) is 1. The van der Waals surface area contributed by atoms with E-state index >= 15 is 0 Å². The third kappa shape index (κ3) is 2.30. The third-order valence-electron chi connectivity index (χ3n) is 1.69. The molecule has 15 heavy (non-hydrogen) atoms. The molecule has 0 saturated heterocycles. The molecule has 0 spiro atoms. The Morgan fingerprint density at radius 1 is 1.60 bits per heavy atom. The summed E-state index contributed by atoms with van der Waals surface area (Å²) in [6, 6.07) is 0.745. The predicted molar refractivity (Wildman–Crippen MR) is 48.2 cm³/mol. The lowest BCUT2D eigenvalue weighted by atomic mass is 10.2. The molecule has 1 N–H and O–H groups in total. The van der Waals surface area contributed by atoms with Crippen molar-refractivity contribution in [2.45, 2.75) is 12.3 Å². The van der Waals surface area contributed by atoms with Crippen LogP contribution in [0.5, 0.6) is 0 Å². The van der Waals surface area contributed by atoms with Gasteiger partial charge in [-0.2, -0.15) is 0 Å². The summed E-state index contributed by atoms with van der Waals surface area (Å²) in [5.74, 6) is -1.28. The molecular weight excluding hydrogens is 234 g/mol. The first-order valence-electron chi connectivity index (χ1n) is 3.72. The van der Waals surface area contributed by atoms with Crippen LogP contribution in [-0.4, -0.2) is 9.91 Å². The molecule has 0 saturated carbocycles. The second-order valence-corrected chi connectivity index (χ2v) is 2.89. The van der Waals surface area contributed by atoms with Gasteiger partial charge in [-0.05, 0) is 11.0 Å². The molecule has 1 rings (SSSR count). The first-order chi connectivity index (χ1) is 6.97. The Balaban J connectivity index is 3.46. The maximum absolute atomic E-state index is 12.4. The van der Waals surface area contributed by atoms with Crippen LogP contribution in [0.4, 0.5) is 14.6 Å². The molecule has 0 aliphatic heterocycles. The molecule has 0 unspecified atom stereocenters. The molecule has 1 aromatic heterocycles. The van der Waals surface area contributed by atoms with Crippen LogP contribution in [-0.2, 0) is 5.88 Å². The number of alkyl halides is 3. The van der Waals surface area contributed by atoms with Gasteiger partial charge < -0.3 is 10.1 Å². The minimum Gasteiger partial charge on any atom is -0.358 e. The highest BCUT2D eigenvalue weighted by molar-refractivity contribution is 6.17. The van der Waals surface area contributed by atoms with Crippen LogP contribution >= 0.6 is 11.6 Å². The van der Waals surface area contributed by atoms with Gasteiger partial charge >= 0.3 is 11.4 Å². The van der Waals surface area contributed by atoms with Gasteiger partial charge in [0.25, 0.3) is 6.43 Å². The van der Waals surface area contributed by atoms with Crippen molar-refractivity contribution in [2.75, 3.05) is 0 Å². The van der Waals surface area contributed by atoms with E-state index < -0.39 is 28.3 Å². The molecule has 5 nitrogen and oxygen atoms in total. The Kier molecular flexibility index (Phi) is 3.35. The summed E-state index contributed by atoms with van der Waals surface area (Å²) < 4.78 is 24.7. The highest BCUT2D eigenvalue weighted by Gasteiger charge is 2.23. The fraction of sp³-hybridized carbons (Fsp3) is 0.286. The molecule has 0 amide bonds. The second-order valence-electron chi connectivity index (χ2n) is 2.62. The number of rotatable bonds is 3. The summed E-state index contributed by atoms with van der Waals surface area (Å²) in [7, 11) is 0. The second kappa shape index (κ2) is 4.35. The summed E-state index contributed by atoms with van der Waals surface area (Å²) >= 11 is 5.31. The number of nitrogens with one attached hydrogen (secondary N) is 1. The number of H-pyrrole nitrogens is 1. The maximum Gasteiger partial charge on any atom is 0.336 e. The standard InChI is InChI=1S/C7H5ClF2N2O3/c8-2-3-1-4(5(9)10)6(12(14)15)11-7(3)13/h1,5H,2H2,(H,11,13). The lowest BCUT2D eigenvalue weighted by Crippen LogP contribution is -2.15. The number of halogens is 3. The molecule has 1 aromatic rings. The van der Waals surface area contributed by atoms with E-state index in [9.17, 15) is 23.7 Å². The zero-order valence-electron chi connectivity index (χ0n) is 7.17. The van der Waals surface area contributed by atoms with Crippen LogP contribution < -0.4 is 5.56 Å². The number of hydrogen-bond donors (Lipinski definition) is 1. The van der Waals surface area contributed by atoms with Gasteiger partial charge in [-0.15, -0.1) is 11.6 Å². The van der Waals surface area contributed by atoms with Gasteiger partial charge in [0.2, 0.25) is 0 Å². The van der Waals surface area contributed by atoms with Crippen LogP contribution in [0.3, 0.4) is 0 Å². The van der Waals surface area contributed by atoms with Crippen LogP contribution in [0.15, 0.2) is 10.9 Å². The maximum atomic E-state index is 12.4. The summed E-state index contributed by atoms with van der Waals surface area (Å²) in [6.45, 7) is 0. The monoisotopic (exact) mass is 238 g/mol. The Morgan fingerprint density at radius 3 is 2.60 bits per heavy atom. The van der Waals surface area contributed by atoms with Crippen LogP contribution in [0.1, 0.15) is 17.6 Å². The minimum absolute atomic E-state index is 0.127. The first-order valence-corrected chi connectivity index (χ1v) is 4.25. The fourth-order valence-electron chi connectivity index (χ4n) is 0.998. The van der Waals surface area contributed by atoms with Crippen molar-refractivity contribution in [1.82, 2.24) is 4.98 Å². The fourth-order valence-corrected chi connectivity index (χ4v) is 1.20. The normalized spacial score (nSPS) is 10.7. The highest BCUT2D eigenvalue weighted by Crippen LogP contribution is 2.26. The van der Waals surface area contributed by atoms with Crippen molar-refractivity contribution in [3.8, 4) is 0 Å². The molecule has 0 aromatic carbocycles. The van der Waals surface area contributed by atoms with Crippen molar-refractivity contribution in [3.63, 3.8) is 0 Å². The average molecular weight is 239 g/mol. The predicted octanol–water partition coefficient (Wildman–Crippen LogP) is 1.96. The molecule has 82 valence electrons. The third-order valence-corrected chi connectivity index (χ3v) is 1.98. The molecule has 1 heterocycles. The minimum atomic E-state index is -3.04. The van der Waals surface area contributed by atoms with Gasteiger partial charge in [-0.1, -0.05) is 0 Å². The van der Waals surface area contributed by atoms with E-state index in [0.717, 1.165) is 6.07 Å². The Morgan fingerprint density at radius 2 is 2.20 bits per heavy atom. The van der Waals surface area contributed by atoms with E-state index in [1.807, 2.05) is 0 Å². The molecule has 0 aliphatic rings. The van der Waals surface area contributed by atoms with Crippen molar-refractivity contribution < 1.29 is 13.7 Å². The van der Waals surface area contributed by atoms with Gasteiger partial charge in [0.1, 0.15) is 5.56 Å². The largest absolute Gasteiger partial charge is 0.358 e. The summed E-state index contributed by atoms with van der Waals surface area (Å²) in [5.41, 5.74) is -1.80. The zero-order valence-corrected chi connectivity index (χ0v) is 7.92.